The molecule has 0 saturated heterocycles. The Morgan fingerprint density at radius 2 is 1.49 bits per heavy atom. The number of carbonyl (C=O) groups is 1. The molecular weight excluding hydrogens is 524 g/mol. The fourth-order valence-corrected chi connectivity index (χ4v) is 4.27. The van der Waals surface area contributed by atoms with Crippen LogP contribution in [0.1, 0.15) is 71.1 Å². The first-order valence-electron chi connectivity index (χ1n) is 14.0. The zero-order valence-electron chi connectivity index (χ0n) is 23.3. The number of carbonyl (C=O) groups excluding carboxylic acids is 1. The number of benzene rings is 2. The van der Waals surface area contributed by atoms with E-state index in [9.17, 15) is 30.0 Å². The minimum atomic E-state index is -0.809. The summed E-state index contributed by atoms with van der Waals surface area (Å²) in [5.74, 6) is -2.99. The van der Waals surface area contributed by atoms with Gasteiger partial charge in [0.1, 0.15) is 22.5 Å². The highest BCUT2D eigenvalue weighted by Gasteiger charge is 2.23. The van der Waals surface area contributed by atoms with Gasteiger partial charge in [0.2, 0.25) is 11.2 Å². The number of phenols is 4. The summed E-state index contributed by atoms with van der Waals surface area (Å²) in [7, 11) is 0. The Morgan fingerprint density at radius 1 is 0.805 bits per heavy atom. The lowest BCUT2D eigenvalue weighted by atomic mass is 10.1. The van der Waals surface area contributed by atoms with Gasteiger partial charge in [0.15, 0.2) is 17.3 Å². The maximum absolute atomic E-state index is 13.3. The summed E-state index contributed by atoms with van der Waals surface area (Å²) in [6, 6.07) is 5.85. The minimum absolute atomic E-state index is 0.0823. The first kappa shape index (κ1) is 31.1. The number of aromatic hydroxyl groups is 4. The number of hydrogen-bond donors (Lipinski definition) is 4. The van der Waals surface area contributed by atoms with Crippen LogP contribution in [0, 0.1) is 0 Å². The van der Waals surface area contributed by atoms with Crippen molar-refractivity contribution in [2.75, 3.05) is 0 Å². The summed E-state index contributed by atoms with van der Waals surface area (Å²) < 4.78 is 11.2. The van der Waals surface area contributed by atoms with Gasteiger partial charge >= 0.3 is 5.97 Å². The van der Waals surface area contributed by atoms with Crippen LogP contribution in [0.25, 0.3) is 22.3 Å². The quantitative estimate of drug-likeness (QED) is 0.0638. The number of fused-ring (bicyclic) bond motifs is 1. The number of rotatable bonds is 15. The van der Waals surface area contributed by atoms with Crippen LogP contribution < -0.4 is 10.2 Å². The highest BCUT2D eigenvalue weighted by molar-refractivity contribution is 5.89. The molecule has 0 aliphatic carbocycles. The van der Waals surface area contributed by atoms with Crippen molar-refractivity contribution in [2.45, 2.75) is 71.1 Å². The molecule has 8 nitrogen and oxygen atoms in total. The van der Waals surface area contributed by atoms with E-state index >= 15 is 0 Å². The standard InChI is InChI=1S/C33H38O8/c1-2-3-4-5-6-7-8-9-10-11-12-13-14-15-16-17-29(38)41-33-31(39)30-27(37)21-24(34)22-28(30)40-32(33)23-18-19-25(35)26(36)20-23/h3-4,6-7,9-10,18-22,34-37H,2,5,8,11-17H2,1H3/b4-3-,7-6-,10-9-. The van der Waals surface area contributed by atoms with Crippen molar-refractivity contribution < 1.29 is 34.4 Å². The molecule has 0 saturated carbocycles. The Labute approximate surface area is 239 Å². The van der Waals surface area contributed by atoms with Gasteiger partial charge in [-0.25, -0.2) is 0 Å². The number of ether oxygens (including phenoxy) is 1. The third-order valence-corrected chi connectivity index (χ3v) is 6.40. The molecule has 1 heterocycles. The van der Waals surface area contributed by atoms with Crippen molar-refractivity contribution in [3.05, 3.63) is 77.0 Å². The lowest BCUT2D eigenvalue weighted by Gasteiger charge is -2.12. The zero-order chi connectivity index (χ0) is 29.6. The fraction of sp³-hybridized carbons (Fsp3) is 0.333. The van der Waals surface area contributed by atoms with Gasteiger partial charge in [-0.05, 0) is 56.7 Å². The maximum atomic E-state index is 13.3. The van der Waals surface area contributed by atoms with Gasteiger partial charge < -0.3 is 29.6 Å². The average molecular weight is 563 g/mol. The van der Waals surface area contributed by atoms with E-state index in [1.807, 2.05) is 0 Å². The van der Waals surface area contributed by atoms with Crippen LogP contribution in [-0.4, -0.2) is 26.4 Å². The molecule has 0 fully saturated rings. The van der Waals surface area contributed by atoms with E-state index in [0.717, 1.165) is 69.6 Å². The van der Waals surface area contributed by atoms with Crippen LogP contribution in [0.2, 0.25) is 0 Å². The molecule has 0 bridgehead atoms. The lowest BCUT2D eigenvalue weighted by molar-refractivity contribution is -0.134. The molecule has 8 heteroatoms. The van der Waals surface area contributed by atoms with E-state index in [2.05, 4.69) is 43.4 Å². The predicted molar refractivity (Wildman–Crippen MR) is 159 cm³/mol. The van der Waals surface area contributed by atoms with E-state index in [0.29, 0.717) is 6.42 Å². The fourth-order valence-electron chi connectivity index (χ4n) is 4.27. The van der Waals surface area contributed by atoms with E-state index in [1.54, 1.807) is 0 Å². The van der Waals surface area contributed by atoms with Gasteiger partial charge in [0.05, 0.1) is 0 Å². The Morgan fingerprint density at radius 3 is 2.22 bits per heavy atom. The highest BCUT2D eigenvalue weighted by atomic mass is 16.5. The number of hydrogen-bond acceptors (Lipinski definition) is 8. The summed E-state index contributed by atoms with van der Waals surface area (Å²) >= 11 is 0. The van der Waals surface area contributed by atoms with Crippen molar-refractivity contribution in [1.82, 2.24) is 0 Å². The molecule has 1 aromatic heterocycles. The molecular formula is C33H38O8. The number of allylic oxidation sites excluding steroid dienone is 6. The van der Waals surface area contributed by atoms with E-state index in [-0.39, 0.29) is 40.2 Å². The summed E-state index contributed by atoms with van der Waals surface area (Å²) in [5.41, 5.74) is -0.795. The van der Waals surface area contributed by atoms with E-state index in [4.69, 9.17) is 9.15 Å². The SMILES string of the molecule is CC/C=C\C/C=C\C/C=C\CCCCCCCC(=O)Oc1c(-c2ccc(O)c(O)c2)oc2cc(O)cc(O)c2c1=O. The predicted octanol–water partition coefficient (Wildman–Crippen LogP) is 7.78. The topological polar surface area (TPSA) is 137 Å². The van der Waals surface area contributed by atoms with Crippen molar-refractivity contribution in [2.24, 2.45) is 0 Å². The molecule has 0 amide bonds. The number of unbranched alkanes of at least 4 members (excludes halogenated alkanes) is 5. The number of phenolic OH excluding ortho intramolecular Hbond substituents is 4. The van der Waals surface area contributed by atoms with Gasteiger partial charge in [-0.15, -0.1) is 0 Å². The monoisotopic (exact) mass is 562 g/mol. The Hall–Kier alpha value is -4.46. The Bertz CT molecular complexity index is 1460. The van der Waals surface area contributed by atoms with E-state index in [1.165, 1.54) is 12.1 Å². The van der Waals surface area contributed by atoms with E-state index < -0.39 is 28.6 Å². The first-order chi connectivity index (χ1) is 19.8. The van der Waals surface area contributed by atoms with Crippen LogP contribution in [0.15, 0.2) is 76.0 Å². The van der Waals surface area contributed by atoms with Crippen LogP contribution in [0.5, 0.6) is 28.7 Å². The summed E-state index contributed by atoms with van der Waals surface area (Å²) in [4.78, 5) is 25.9. The normalized spacial score (nSPS) is 11.8. The van der Waals surface area contributed by atoms with Gasteiger partial charge in [0.25, 0.3) is 0 Å². The molecule has 0 spiro atoms. The van der Waals surface area contributed by atoms with Crippen molar-refractivity contribution in [1.29, 1.82) is 0 Å². The van der Waals surface area contributed by atoms with Gasteiger partial charge in [0, 0.05) is 24.1 Å². The lowest BCUT2D eigenvalue weighted by Crippen LogP contribution is -2.16. The van der Waals surface area contributed by atoms with Gasteiger partial charge in [-0.2, -0.15) is 0 Å². The van der Waals surface area contributed by atoms with Crippen LogP contribution in [0.4, 0.5) is 0 Å². The zero-order valence-corrected chi connectivity index (χ0v) is 23.3. The molecule has 4 N–H and O–H groups in total. The van der Waals surface area contributed by atoms with Gasteiger partial charge in [-0.1, -0.05) is 62.6 Å². The molecule has 41 heavy (non-hydrogen) atoms. The van der Waals surface area contributed by atoms with Crippen molar-refractivity contribution in [3.63, 3.8) is 0 Å². The van der Waals surface area contributed by atoms with Crippen LogP contribution >= 0.6 is 0 Å². The second-order valence-corrected chi connectivity index (χ2v) is 9.71. The van der Waals surface area contributed by atoms with Crippen LogP contribution in [0.3, 0.4) is 0 Å². The smallest absolute Gasteiger partial charge is 0.311 e. The maximum Gasteiger partial charge on any atom is 0.311 e. The highest BCUT2D eigenvalue weighted by Crippen LogP contribution is 2.38. The summed E-state index contributed by atoms with van der Waals surface area (Å²) in [6.45, 7) is 2.12. The Balaban J connectivity index is 1.54. The largest absolute Gasteiger partial charge is 0.508 e. The first-order valence-corrected chi connectivity index (χ1v) is 14.0. The van der Waals surface area contributed by atoms with Crippen molar-refractivity contribution in [3.8, 4) is 40.1 Å². The minimum Gasteiger partial charge on any atom is -0.508 e. The summed E-state index contributed by atoms with van der Waals surface area (Å²) in [5, 5.41) is 39.4. The molecule has 0 atom stereocenters. The second-order valence-electron chi connectivity index (χ2n) is 9.71. The molecule has 3 aromatic rings. The number of esters is 1. The van der Waals surface area contributed by atoms with Gasteiger partial charge in [-0.3, -0.25) is 9.59 Å². The second kappa shape index (κ2) is 16.0. The Kier molecular flexibility index (Phi) is 12.1. The third kappa shape index (κ3) is 9.31. The van der Waals surface area contributed by atoms with Crippen LogP contribution in [-0.2, 0) is 4.79 Å². The van der Waals surface area contributed by atoms with Crippen molar-refractivity contribution >= 4 is 16.9 Å². The third-order valence-electron chi connectivity index (χ3n) is 6.40. The molecule has 0 aliphatic heterocycles. The molecule has 218 valence electrons. The average Bonchev–Trinajstić information content (AvgIpc) is 2.93. The summed E-state index contributed by atoms with van der Waals surface area (Å²) in [6.07, 6.45) is 21.6. The molecule has 0 radical (unpaired) electrons. The molecule has 0 aliphatic rings. The molecule has 0 unspecified atom stereocenters. The molecule has 3 rings (SSSR count). The molecule has 2 aromatic carbocycles.